The largest absolute Gasteiger partial charge is 0.330 e. The topological polar surface area (TPSA) is 57.9 Å². The molecule has 1 unspecified atom stereocenters. The first kappa shape index (κ1) is 10.6. The van der Waals surface area contributed by atoms with E-state index in [2.05, 4.69) is 29.1 Å². The van der Waals surface area contributed by atoms with Gasteiger partial charge < -0.3 is 5.73 Å². The third-order valence-corrected chi connectivity index (χ3v) is 3.32. The molecule has 3 N–H and O–H groups in total. The molecule has 1 aliphatic rings. The van der Waals surface area contributed by atoms with E-state index < -0.39 is 0 Å². The Morgan fingerprint density at radius 3 is 3.13 bits per heavy atom. The van der Waals surface area contributed by atoms with E-state index in [1.54, 1.807) is 0 Å². The number of hydrogen-bond donors (Lipinski definition) is 2. The van der Waals surface area contributed by atoms with Gasteiger partial charge in [0.1, 0.15) is 0 Å². The van der Waals surface area contributed by atoms with E-state index in [0.29, 0.717) is 6.04 Å². The zero-order valence-electron chi connectivity index (χ0n) is 9.58. The lowest BCUT2D eigenvalue weighted by molar-refractivity contribution is 0.216. The first-order chi connectivity index (χ1) is 7.24. The predicted octanol–water partition coefficient (Wildman–Crippen LogP) is 0.986. The molecule has 1 aliphatic heterocycles. The molecule has 0 aromatic carbocycles. The summed E-state index contributed by atoms with van der Waals surface area (Å²) >= 11 is 0. The van der Waals surface area contributed by atoms with Gasteiger partial charge in [-0.2, -0.15) is 5.10 Å². The van der Waals surface area contributed by atoms with Crippen molar-refractivity contribution >= 4 is 0 Å². The summed E-state index contributed by atoms with van der Waals surface area (Å²) in [4.78, 5) is 2.42. The minimum Gasteiger partial charge on any atom is -0.330 e. The first-order valence-electron chi connectivity index (χ1n) is 5.68. The summed E-state index contributed by atoms with van der Waals surface area (Å²) in [5, 5.41) is 7.46. The van der Waals surface area contributed by atoms with Crippen LogP contribution in [0.1, 0.15) is 35.8 Å². The standard InChI is InChI=1S/C11H20N4/c1-8-11-9(14-13-8)5-7-15(2)10(11)4-3-6-12/h10H,3-7,12H2,1-2H3,(H,13,14). The Morgan fingerprint density at radius 1 is 1.60 bits per heavy atom. The number of aromatic amines is 1. The number of hydrogen-bond acceptors (Lipinski definition) is 3. The molecule has 2 rings (SSSR count). The van der Waals surface area contributed by atoms with Crippen LogP contribution in [0.15, 0.2) is 0 Å². The average Bonchev–Trinajstić information content (AvgIpc) is 2.60. The minimum absolute atomic E-state index is 0.510. The SMILES string of the molecule is Cc1[nH]nc2c1C(CCCN)N(C)CC2. The Labute approximate surface area is 90.8 Å². The Hall–Kier alpha value is -0.870. The quantitative estimate of drug-likeness (QED) is 0.778. The van der Waals surface area contributed by atoms with Crippen LogP contribution >= 0.6 is 0 Å². The van der Waals surface area contributed by atoms with E-state index in [4.69, 9.17) is 5.73 Å². The van der Waals surface area contributed by atoms with E-state index in [1.807, 2.05) is 0 Å². The van der Waals surface area contributed by atoms with Crippen molar-refractivity contribution in [1.29, 1.82) is 0 Å². The Bertz CT molecular complexity index is 331. The van der Waals surface area contributed by atoms with Crippen LogP contribution in [-0.2, 0) is 6.42 Å². The normalized spacial score (nSPS) is 21.7. The van der Waals surface area contributed by atoms with Crippen molar-refractivity contribution in [3.8, 4) is 0 Å². The van der Waals surface area contributed by atoms with Crippen molar-refractivity contribution in [2.75, 3.05) is 20.1 Å². The molecule has 0 aliphatic carbocycles. The molecule has 15 heavy (non-hydrogen) atoms. The van der Waals surface area contributed by atoms with Gasteiger partial charge in [0.25, 0.3) is 0 Å². The van der Waals surface area contributed by atoms with E-state index in [1.165, 1.54) is 17.0 Å². The van der Waals surface area contributed by atoms with Crippen LogP contribution in [-0.4, -0.2) is 35.2 Å². The Kier molecular flexibility index (Phi) is 3.07. The van der Waals surface area contributed by atoms with Gasteiger partial charge in [-0.05, 0) is 33.4 Å². The maximum absolute atomic E-state index is 5.58. The smallest absolute Gasteiger partial charge is 0.0685 e. The van der Waals surface area contributed by atoms with E-state index in [-0.39, 0.29) is 0 Å². The Morgan fingerprint density at radius 2 is 2.40 bits per heavy atom. The predicted molar refractivity (Wildman–Crippen MR) is 60.7 cm³/mol. The molecule has 0 saturated carbocycles. The number of nitrogens with one attached hydrogen (secondary N) is 1. The fourth-order valence-electron chi connectivity index (χ4n) is 2.46. The summed E-state index contributed by atoms with van der Waals surface area (Å²) in [6, 6.07) is 0.510. The minimum atomic E-state index is 0.510. The molecular weight excluding hydrogens is 188 g/mol. The second-order valence-corrected chi connectivity index (χ2v) is 4.39. The van der Waals surface area contributed by atoms with Crippen molar-refractivity contribution in [3.05, 3.63) is 17.0 Å². The molecule has 0 radical (unpaired) electrons. The number of aryl methyl sites for hydroxylation is 1. The van der Waals surface area contributed by atoms with Gasteiger partial charge in [-0.1, -0.05) is 0 Å². The monoisotopic (exact) mass is 208 g/mol. The van der Waals surface area contributed by atoms with Crippen LogP contribution in [0.2, 0.25) is 0 Å². The van der Waals surface area contributed by atoms with Crippen molar-refractivity contribution in [1.82, 2.24) is 15.1 Å². The zero-order valence-corrected chi connectivity index (χ0v) is 9.58. The lowest BCUT2D eigenvalue weighted by Gasteiger charge is -2.32. The van der Waals surface area contributed by atoms with Crippen LogP contribution in [0.4, 0.5) is 0 Å². The third kappa shape index (κ3) is 1.92. The highest BCUT2D eigenvalue weighted by molar-refractivity contribution is 5.30. The second-order valence-electron chi connectivity index (χ2n) is 4.39. The fraction of sp³-hybridized carbons (Fsp3) is 0.727. The summed E-state index contributed by atoms with van der Waals surface area (Å²) in [6.07, 6.45) is 3.29. The molecule has 1 atom stereocenters. The molecular formula is C11H20N4. The zero-order chi connectivity index (χ0) is 10.8. The van der Waals surface area contributed by atoms with Crippen LogP contribution in [0.25, 0.3) is 0 Å². The maximum atomic E-state index is 5.58. The van der Waals surface area contributed by atoms with Gasteiger partial charge in [0.05, 0.1) is 5.69 Å². The van der Waals surface area contributed by atoms with Gasteiger partial charge in [0.2, 0.25) is 0 Å². The number of nitrogens with two attached hydrogens (primary N) is 1. The third-order valence-electron chi connectivity index (χ3n) is 3.32. The van der Waals surface area contributed by atoms with Crippen LogP contribution in [0.5, 0.6) is 0 Å². The van der Waals surface area contributed by atoms with Crippen LogP contribution in [0.3, 0.4) is 0 Å². The summed E-state index contributed by atoms with van der Waals surface area (Å²) in [6.45, 7) is 3.99. The first-order valence-corrected chi connectivity index (χ1v) is 5.68. The van der Waals surface area contributed by atoms with E-state index in [0.717, 1.165) is 32.4 Å². The highest BCUT2D eigenvalue weighted by Gasteiger charge is 2.27. The molecule has 0 amide bonds. The highest BCUT2D eigenvalue weighted by Crippen LogP contribution is 2.32. The van der Waals surface area contributed by atoms with Gasteiger partial charge in [-0.15, -0.1) is 0 Å². The molecule has 1 aromatic heterocycles. The summed E-state index contributed by atoms with van der Waals surface area (Å²) in [5.74, 6) is 0. The van der Waals surface area contributed by atoms with Crippen molar-refractivity contribution in [3.63, 3.8) is 0 Å². The number of rotatable bonds is 3. The van der Waals surface area contributed by atoms with Crippen LogP contribution < -0.4 is 5.73 Å². The molecule has 0 saturated heterocycles. The van der Waals surface area contributed by atoms with Gasteiger partial charge in [0.15, 0.2) is 0 Å². The summed E-state index contributed by atoms with van der Waals surface area (Å²) < 4.78 is 0. The maximum Gasteiger partial charge on any atom is 0.0685 e. The molecule has 0 fully saturated rings. The van der Waals surface area contributed by atoms with E-state index in [9.17, 15) is 0 Å². The van der Waals surface area contributed by atoms with Gasteiger partial charge in [-0.3, -0.25) is 10.00 Å². The number of fused-ring (bicyclic) bond motifs is 1. The molecule has 1 aromatic rings. The number of likely N-dealkylation sites (N-methyl/N-ethyl adjacent to an activating group) is 1. The summed E-state index contributed by atoms with van der Waals surface area (Å²) in [5.41, 5.74) is 9.47. The van der Waals surface area contributed by atoms with Crippen molar-refractivity contribution in [2.45, 2.75) is 32.2 Å². The van der Waals surface area contributed by atoms with Gasteiger partial charge in [0, 0.05) is 30.3 Å². The van der Waals surface area contributed by atoms with Gasteiger partial charge in [-0.25, -0.2) is 0 Å². The van der Waals surface area contributed by atoms with Crippen LogP contribution in [0, 0.1) is 6.92 Å². The average molecular weight is 208 g/mol. The van der Waals surface area contributed by atoms with Crippen molar-refractivity contribution in [2.24, 2.45) is 5.73 Å². The Balaban J connectivity index is 2.23. The van der Waals surface area contributed by atoms with Crippen molar-refractivity contribution < 1.29 is 0 Å². The lowest BCUT2D eigenvalue weighted by Crippen LogP contribution is -2.32. The lowest BCUT2D eigenvalue weighted by atomic mass is 9.93. The number of aromatic nitrogens is 2. The molecule has 84 valence electrons. The highest BCUT2D eigenvalue weighted by atomic mass is 15.2. The number of nitrogens with zero attached hydrogens (tertiary/aromatic N) is 2. The molecule has 0 bridgehead atoms. The fourth-order valence-corrected chi connectivity index (χ4v) is 2.46. The molecule has 2 heterocycles. The molecule has 4 heteroatoms. The van der Waals surface area contributed by atoms with Gasteiger partial charge >= 0.3 is 0 Å². The van der Waals surface area contributed by atoms with E-state index >= 15 is 0 Å². The summed E-state index contributed by atoms with van der Waals surface area (Å²) in [7, 11) is 2.19. The molecule has 0 spiro atoms. The number of H-pyrrole nitrogens is 1. The molecule has 4 nitrogen and oxygen atoms in total. The second kappa shape index (κ2) is 4.33.